The Hall–Kier alpha value is -2.49. The Morgan fingerprint density at radius 1 is 1.04 bits per heavy atom. The molecule has 2 rings (SSSR count). The normalized spacial score (nSPS) is 11.9. The van der Waals surface area contributed by atoms with E-state index in [1.54, 1.807) is 7.11 Å². The molecular weight excluding hydrogens is 314 g/mol. The van der Waals surface area contributed by atoms with E-state index >= 15 is 0 Å². The SMILES string of the molecule is COc1ccccc1[C@H](C)NC(=O)COc1cc(C)ccc1C(C)C. The molecule has 0 aliphatic heterocycles. The lowest BCUT2D eigenvalue weighted by Crippen LogP contribution is -2.31. The number of benzene rings is 2. The van der Waals surface area contributed by atoms with Crippen molar-refractivity contribution in [3.05, 3.63) is 59.2 Å². The van der Waals surface area contributed by atoms with Crippen molar-refractivity contribution in [3.63, 3.8) is 0 Å². The smallest absolute Gasteiger partial charge is 0.258 e. The van der Waals surface area contributed by atoms with Crippen LogP contribution >= 0.6 is 0 Å². The molecule has 0 saturated heterocycles. The zero-order valence-electron chi connectivity index (χ0n) is 15.6. The van der Waals surface area contributed by atoms with E-state index in [4.69, 9.17) is 9.47 Å². The fourth-order valence-corrected chi connectivity index (χ4v) is 2.77. The van der Waals surface area contributed by atoms with E-state index in [1.807, 2.05) is 44.2 Å². The quantitative estimate of drug-likeness (QED) is 0.813. The molecule has 1 amide bonds. The van der Waals surface area contributed by atoms with Crippen LogP contribution in [0.5, 0.6) is 11.5 Å². The molecule has 1 N–H and O–H groups in total. The number of hydrogen-bond donors (Lipinski definition) is 1. The highest BCUT2D eigenvalue weighted by Crippen LogP contribution is 2.28. The van der Waals surface area contributed by atoms with Gasteiger partial charge < -0.3 is 14.8 Å². The van der Waals surface area contributed by atoms with Crippen LogP contribution in [0, 0.1) is 6.92 Å². The van der Waals surface area contributed by atoms with Crippen LogP contribution in [0.4, 0.5) is 0 Å². The maximum atomic E-state index is 12.3. The number of amides is 1. The van der Waals surface area contributed by atoms with Gasteiger partial charge in [-0.05, 0) is 43.0 Å². The molecule has 0 bridgehead atoms. The summed E-state index contributed by atoms with van der Waals surface area (Å²) in [5, 5.41) is 2.96. The van der Waals surface area contributed by atoms with Crippen LogP contribution in [0.1, 0.15) is 49.4 Å². The minimum atomic E-state index is -0.158. The topological polar surface area (TPSA) is 47.6 Å². The molecule has 0 fully saturated rings. The first kappa shape index (κ1) is 18.8. The number of rotatable bonds is 7. The summed E-state index contributed by atoms with van der Waals surface area (Å²) in [6, 6.07) is 13.6. The Labute approximate surface area is 150 Å². The third kappa shape index (κ3) is 4.99. The third-order valence-electron chi connectivity index (χ3n) is 4.13. The highest BCUT2D eigenvalue weighted by molar-refractivity contribution is 5.78. The predicted molar refractivity (Wildman–Crippen MR) is 100 cm³/mol. The maximum absolute atomic E-state index is 12.3. The Morgan fingerprint density at radius 2 is 1.76 bits per heavy atom. The van der Waals surface area contributed by atoms with Gasteiger partial charge in [0.05, 0.1) is 13.2 Å². The van der Waals surface area contributed by atoms with E-state index in [9.17, 15) is 4.79 Å². The van der Waals surface area contributed by atoms with E-state index in [2.05, 4.69) is 31.3 Å². The Balaban J connectivity index is 2.00. The van der Waals surface area contributed by atoms with Gasteiger partial charge in [-0.1, -0.05) is 44.2 Å². The summed E-state index contributed by atoms with van der Waals surface area (Å²) in [5.41, 5.74) is 3.16. The van der Waals surface area contributed by atoms with Crippen molar-refractivity contribution in [3.8, 4) is 11.5 Å². The summed E-state index contributed by atoms with van der Waals surface area (Å²) in [7, 11) is 1.63. The first-order valence-electron chi connectivity index (χ1n) is 8.58. The lowest BCUT2D eigenvalue weighted by molar-refractivity contribution is -0.123. The van der Waals surface area contributed by atoms with Gasteiger partial charge in [0.15, 0.2) is 6.61 Å². The van der Waals surface area contributed by atoms with Gasteiger partial charge >= 0.3 is 0 Å². The molecule has 0 radical (unpaired) electrons. The highest BCUT2D eigenvalue weighted by Gasteiger charge is 2.15. The summed E-state index contributed by atoms with van der Waals surface area (Å²) in [6.07, 6.45) is 0. The number of methoxy groups -OCH3 is 1. The van der Waals surface area contributed by atoms with E-state index in [0.717, 1.165) is 28.2 Å². The van der Waals surface area contributed by atoms with Crippen LogP contribution in [-0.2, 0) is 4.79 Å². The van der Waals surface area contributed by atoms with Crippen molar-refractivity contribution in [1.29, 1.82) is 0 Å². The standard InChI is InChI=1S/C21H27NO3/c1-14(2)17-11-10-15(3)12-20(17)25-13-21(23)22-16(4)18-8-6-7-9-19(18)24-5/h6-12,14,16H,13H2,1-5H3,(H,22,23)/t16-/m0/s1. The van der Waals surface area contributed by atoms with Gasteiger partial charge in [-0.3, -0.25) is 4.79 Å². The van der Waals surface area contributed by atoms with E-state index < -0.39 is 0 Å². The largest absolute Gasteiger partial charge is 0.496 e. The van der Waals surface area contributed by atoms with Gasteiger partial charge in [-0.2, -0.15) is 0 Å². The second-order valence-corrected chi connectivity index (χ2v) is 6.52. The number of aryl methyl sites for hydroxylation is 1. The second kappa shape index (κ2) is 8.56. The molecule has 134 valence electrons. The maximum Gasteiger partial charge on any atom is 0.258 e. The van der Waals surface area contributed by atoms with Crippen LogP contribution in [0.2, 0.25) is 0 Å². The number of nitrogens with one attached hydrogen (secondary N) is 1. The summed E-state index contributed by atoms with van der Waals surface area (Å²) in [5.74, 6) is 1.72. The van der Waals surface area contributed by atoms with E-state index in [1.165, 1.54) is 0 Å². The lowest BCUT2D eigenvalue weighted by atomic mass is 10.0. The van der Waals surface area contributed by atoms with Crippen LogP contribution < -0.4 is 14.8 Å². The highest BCUT2D eigenvalue weighted by atomic mass is 16.5. The second-order valence-electron chi connectivity index (χ2n) is 6.52. The van der Waals surface area contributed by atoms with Gasteiger partial charge in [0, 0.05) is 5.56 Å². The molecule has 1 atom stereocenters. The molecule has 0 aromatic heterocycles. The van der Waals surface area contributed by atoms with Crippen LogP contribution in [-0.4, -0.2) is 19.6 Å². The minimum Gasteiger partial charge on any atom is -0.496 e. The molecule has 2 aromatic carbocycles. The van der Waals surface area contributed by atoms with Crippen LogP contribution in [0.15, 0.2) is 42.5 Å². The van der Waals surface area contributed by atoms with Crippen molar-refractivity contribution in [1.82, 2.24) is 5.32 Å². The lowest BCUT2D eigenvalue weighted by Gasteiger charge is -2.18. The van der Waals surface area contributed by atoms with Crippen molar-refractivity contribution in [2.45, 2.75) is 39.7 Å². The summed E-state index contributed by atoms with van der Waals surface area (Å²) >= 11 is 0. The summed E-state index contributed by atoms with van der Waals surface area (Å²) < 4.78 is 11.1. The number of ether oxygens (including phenoxy) is 2. The monoisotopic (exact) mass is 341 g/mol. The van der Waals surface area contributed by atoms with Gasteiger partial charge in [0.1, 0.15) is 11.5 Å². The summed E-state index contributed by atoms with van der Waals surface area (Å²) in [6.45, 7) is 8.16. The molecule has 0 aliphatic rings. The van der Waals surface area contributed by atoms with Crippen molar-refractivity contribution in [2.75, 3.05) is 13.7 Å². The van der Waals surface area contributed by atoms with Gasteiger partial charge in [0.2, 0.25) is 0 Å². The molecule has 2 aromatic rings. The molecule has 0 unspecified atom stereocenters. The average Bonchev–Trinajstić information content (AvgIpc) is 2.59. The molecule has 4 nitrogen and oxygen atoms in total. The Kier molecular flexibility index (Phi) is 6.45. The van der Waals surface area contributed by atoms with Crippen molar-refractivity contribution < 1.29 is 14.3 Å². The Morgan fingerprint density at radius 3 is 2.44 bits per heavy atom. The zero-order chi connectivity index (χ0) is 18.4. The fourth-order valence-electron chi connectivity index (χ4n) is 2.77. The number of hydrogen-bond acceptors (Lipinski definition) is 3. The first-order valence-corrected chi connectivity index (χ1v) is 8.58. The molecule has 0 saturated carbocycles. The minimum absolute atomic E-state index is 0.0112. The molecule has 4 heteroatoms. The van der Waals surface area contributed by atoms with Crippen molar-refractivity contribution in [2.24, 2.45) is 0 Å². The fraction of sp³-hybridized carbons (Fsp3) is 0.381. The van der Waals surface area contributed by atoms with E-state index in [0.29, 0.717) is 5.92 Å². The molecular formula is C21H27NO3. The number of carbonyl (C=O) groups excluding carboxylic acids is 1. The van der Waals surface area contributed by atoms with Gasteiger partial charge in [0.25, 0.3) is 5.91 Å². The average molecular weight is 341 g/mol. The molecule has 0 heterocycles. The Bertz CT molecular complexity index is 725. The molecule has 25 heavy (non-hydrogen) atoms. The number of carbonyl (C=O) groups is 1. The predicted octanol–water partition coefficient (Wildman–Crippen LogP) is 4.38. The van der Waals surface area contributed by atoms with Gasteiger partial charge in [-0.15, -0.1) is 0 Å². The number of para-hydroxylation sites is 1. The zero-order valence-corrected chi connectivity index (χ0v) is 15.6. The first-order chi connectivity index (χ1) is 11.9. The van der Waals surface area contributed by atoms with Crippen LogP contribution in [0.25, 0.3) is 0 Å². The molecule has 0 aliphatic carbocycles. The van der Waals surface area contributed by atoms with E-state index in [-0.39, 0.29) is 18.6 Å². The third-order valence-corrected chi connectivity index (χ3v) is 4.13. The molecule has 0 spiro atoms. The summed E-state index contributed by atoms with van der Waals surface area (Å²) in [4.78, 5) is 12.3. The van der Waals surface area contributed by atoms with Gasteiger partial charge in [-0.25, -0.2) is 0 Å². The van der Waals surface area contributed by atoms with Crippen molar-refractivity contribution >= 4 is 5.91 Å². The van der Waals surface area contributed by atoms with Crippen LogP contribution in [0.3, 0.4) is 0 Å².